The van der Waals surface area contributed by atoms with Crippen LogP contribution in [-0.4, -0.2) is 20.0 Å². The SMILES string of the molecule is Cn1c(O)c(C2=Nc3ccccc3N[C@H](c3ccccc3)C2)c(=O)n(C)c1=O. The highest BCUT2D eigenvalue weighted by Crippen LogP contribution is 2.35. The Bertz CT molecular complexity index is 1190. The van der Waals surface area contributed by atoms with Crippen LogP contribution in [-0.2, 0) is 14.1 Å². The zero-order valence-electron chi connectivity index (χ0n) is 15.6. The number of nitrogens with one attached hydrogen (secondary N) is 1. The van der Waals surface area contributed by atoms with Crippen LogP contribution in [0.15, 0.2) is 69.2 Å². The highest BCUT2D eigenvalue weighted by atomic mass is 16.3. The molecule has 7 nitrogen and oxygen atoms in total. The van der Waals surface area contributed by atoms with E-state index in [0.29, 0.717) is 17.8 Å². The number of aliphatic imine (C=N–C) groups is 1. The van der Waals surface area contributed by atoms with E-state index in [0.717, 1.165) is 20.4 Å². The minimum Gasteiger partial charge on any atom is -0.494 e. The number of para-hydroxylation sites is 2. The number of nitrogens with zero attached hydrogens (tertiary/aromatic N) is 3. The van der Waals surface area contributed by atoms with Gasteiger partial charge in [0.05, 0.1) is 23.1 Å². The lowest BCUT2D eigenvalue weighted by atomic mass is 9.98. The van der Waals surface area contributed by atoms with Gasteiger partial charge in [0.15, 0.2) is 0 Å². The largest absolute Gasteiger partial charge is 0.494 e. The average molecular weight is 376 g/mol. The number of benzene rings is 2. The summed E-state index contributed by atoms with van der Waals surface area (Å²) in [5.41, 5.74) is 1.87. The van der Waals surface area contributed by atoms with Crippen molar-refractivity contribution in [3.05, 3.63) is 86.6 Å². The summed E-state index contributed by atoms with van der Waals surface area (Å²) >= 11 is 0. The van der Waals surface area contributed by atoms with E-state index in [1.54, 1.807) is 0 Å². The Kier molecular flexibility index (Phi) is 4.35. The third-order valence-electron chi connectivity index (χ3n) is 5.01. The molecule has 7 heteroatoms. The molecule has 0 aliphatic carbocycles. The fourth-order valence-corrected chi connectivity index (χ4v) is 3.45. The van der Waals surface area contributed by atoms with E-state index in [-0.39, 0.29) is 17.5 Å². The van der Waals surface area contributed by atoms with E-state index in [1.807, 2.05) is 54.6 Å². The molecule has 1 aliphatic rings. The van der Waals surface area contributed by atoms with Crippen LogP contribution >= 0.6 is 0 Å². The number of fused-ring (bicyclic) bond motifs is 1. The highest BCUT2D eigenvalue weighted by Gasteiger charge is 2.26. The van der Waals surface area contributed by atoms with Crippen molar-refractivity contribution in [3.63, 3.8) is 0 Å². The third kappa shape index (κ3) is 2.90. The smallest absolute Gasteiger partial charge is 0.333 e. The molecule has 2 heterocycles. The van der Waals surface area contributed by atoms with E-state index in [2.05, 4.69) is 10.3 Å². The lowest BCUT2D eigenvalue weighted by Crippen LogP contribution is -2.40. The van der Waals surface area contributed by atoms with Crippen LogP contribution in [0.3, 0.4) is 0 Å². The van der Waals surface area contributed by atoms with Crippen LogP contribution in [0.25, 0.3) is 0 Å². The monoisotopic (exact) mass is 376 g/mol. The van der Waals surface area contributed by atoms with E-state index < -0.39 is 11.2 Å². The predicted molar refractivity (Wildman–Crippen MR) is 109 cm³/mol. The van der Waals surface area contributed by atoms with Crippen LogP contribution in [0.4, 0.5) is 11.4 Å². The second-order valence-electron chi connectivity index (χ2n) is 6.79. The Morgan fingerprint density at radius 3 is 2.43 bits per heavy atom. The molecule has 4 rings (SSSR count). The van der Waals surface area contributed by atoms with Gasteiger partial charge in [0.2, 0.25) is 5.88 Å². The van der Waals surface area contributed by atoms with Crippen molar-refractivity contribution < 1.29 is 5.11 Å². The normalized spacial score (nSPS) is 15.9. The van der Waals surface area contributed by atoms with Gasteiger partial charge in [-0.1, -0.05) is 42.5 Å². The molecule has 1 atom stereocenters. The summed E-state index contributed by atoms with van der Waals surface area (Å²) in [4.78, 5) is 29.6. The molecule has 3 aromatic rings. The molecule has 2 aromatic carbocycles. The van der Waals surface area contributed by atoms with Crippen LogP contribution in [0, 0.1) is 0 Å². The first-order valence-corrected chi connectivity index (χ1v) is 8.95. The van der Waals surface area contributed by atoms with Crippen LogP contribution < -0.4 is 16.6 Å². The summed E-state index contributed by atoms with van der Waals surface area (Å²) in [6, 6.07) is 17.3. The highest BCUT2D eigenvalue weighted by molar-refractivity contribution is 6.05. The van der Waals surface area contributed by atoms with Crippen molar-refractivity contribution in [2.45, 2.75) is 12.5 Å². The van der Waals surface area contributed by atoms with Crippen molar-refractivity contribution in [3.8, 4) is 5.88 Å². The average Bonchev–Trinajstić information content (AvgIpc) is 2.91. The lowest BCUT2D eigenvalue weighted by Gasteiger charge is -2.19. The Morgan fingerprint density at radius 1 is 1.00 bits per heavy atom. The first-order chi connectivity index (χ1) is 13.5. The van der Waals surface area contributed by atoms with Crippen molar-refractivity contribution >= 4 is 17.1 Å². The van der Waals surface area contributed by atoms with Gasteiger partial charge in [-0.15, -0.1) is 0 Å². The lowest BCUT2D eigenvalue weighted by molar-refractivity contribution is 0.410. The Balaban J connectivity index is 1.95. The van der Waals surface area contributed by atoms with Gasteiger partial charge >= 0.3 is 5.69 Å². The quantitative estimate of drug-likeness (QED) is 0.719. The molecule has 1 aliphatic heterocycles. The van der Waals surface area contributed by atoms with Gasteiger partial charge in [-0.25, -0.2) is 4.79 Å². The van der Waals surface area contributed by atoms with Gasteiger partial charge in [0.25, 0.3) is 5.56 Å². The summed E-state index contributed by atoms with van der Waals surface area (Å²) in [6.45, 7) is 0. The fourth-order valence-electron chi connectivity index (χ4n) is 3.45. The zero-order chi connectivity index (χ0) is 19.8. The van der Waals surface area contributed by atoms with Crippen molar-refractivity contribution in [1.29, 1.82) is 0 Å². The second-order valence-corrected chi connectivity index (χ2v) is 6.79. The topological polar surface area (TPSA) is 88.6 Å². The summed E-state index contributed by atoms with van der Waals surface area (Å²) in [6.07, 6.45) is 0.375. The summed E-state index contributed by atoms with van der Waals surface area (Å²) in [5, 5.41) is 14.1. The molecule has 0 unspecified atom stereocenters. The molecular weight excluding hydrogens is 356 g/mol. The molecule has 0 fully saturated rings. The number of anilines is 1. The molecule has 0 saturated carbocycles. The van der Waals surface area contributed by atoms with E-state index in [4.69, 9.17) is 0 Å². The van der Waals surface area contributed by atoms with Gasteiger partial charge in [0.1, 0.15) is 5.56 Å². The Labute approximate surface area is 161 Å². The Morgan fingerprint density at radius 2 is 1.68 bits per heavy atom. The summed E-state index contributed by atoms with van der Waals surface area (Å²) < 4.78 is 2.04. The van der Waals surface area contributed by atoms with Gasteiger partial charge in [-0.2, -0.15) is 0 Å². The first-order valence-electron chi connectivity index (χ1n) is 8.95. The standard InChI is InChI=1S/C21H20N4O3/c1-24-19(26)18(20(27)25(2)21(24)28)17-12-16(13-8-4-3-5-9-13)22-14-10-6-7-11-15(14)23-17/h3-11,16,22,26H,12H2,1-2H3/t16-/m0/s1. The maximum Gasteiger partial charge on any atom is 0.333 e. The zero-order valence-corrected chi connectivity index (χ0v) is 15.6. The molecule has 2 N–H and O–H groups in total. The van der Waals surface area contributed by atoms with Crippen LogP contribution in [0.5, 0.6) is 5.88 Å². The fraction of sp³-hybridized carbons (Fsp3) is 0.190. The maximum atomic E-state index is 12.8. The molecule has 142 valence electrons. The molecule has 0 bridgehead atoms. The van der Waals surface area contributed by atoms with Gasteiger partial charge < -0.3 is 10.4 Å². The first kappa shape index (κ1) is 17.8. The van der Waals surface area contributed by atoms with Crippen LogP contribution in [0.2, 0.25) is 0 Å². The predicted octanol–water partition coefficient (Wildman–Crippen LogP) is 2.47. The number of hydrogen-bond donors (Lipinski definition) is 2. The molecule has 0 saturated heterocycles. The second kappa shape index (κ2) is 6.84. The number of hydrogen-bond acceptors (Lipinski definition) is 5. The van der Waals surface area contributed by atoms with E-state index in [9.17, 15) is 14.7 Å². The Hall–Kier alpha value is -3.61. The molecule has 0 amide bonds. The van der Waals surface area contributed by atoms with Crippen molar-refractivity contribution in [1.82, 2.24) is 9.13 Å². The van der Waals surface area contributed by atoms with Crippen molar-refractivity contribution in [2.24, 2.45) is 19.1 Å². The number of aromatic hydroxyl groups is 1. The van der Waals surface area contributed by atoms with E-state index >= 15 is 0 Å². The van der Waals surface area contributed by atoms with Gasteiger partial charge in [-0.05, 0) is 17.7 Å². The number of rotatable bonds is 2. The minimum absolute atomic E-state index is 0.0454. The summed E-state index contributed by atoms with van der Waals surface area (Å²) in [5.74, 6) is -0.377. The molecule has 0 radical (unpaired) electrons. The molecule has 1 aromatic heterocycles. The van der Waals surface area contributed by atoms with E-state index in [1.165, 1.54) is 14.1 Å². The molecule has 0 spiro atoms. The van der Waals surface area contributed by atoms with Gasteiger partial charge in [-0.3, -0.25) is 18.9 Å². The van der Waals surface area contributed by atoms with Gasteiger partial charge in [0, 0.05) is 20.5 Å². The molecule has 28 heavy (non-hydrogen) atoms. The minimum atomic E-state index is -0.585. The maximum absolute atomic E-state index is 12.8. The third-order valence-corrected chi connectivity index (χ3v) is 5.01. The van der Waals surface area contributed by atoms with Crippen LogP contribution in [0.1, 0.15) is 23.6 Å². The summed E-state index contributed by atoms with van der Waals surface area (Å²) in [7, 11) is 2.82. The molecular formula is C21H20N4O3. The number of aromatic nitrogens is 2. The van der Waals surface area contributed by atoms with Crippen molar-refractivity contribution in [2.75, 3.05) is 5.32 Å².